The van der Waals surface area contributed by atoms with Crippen molar-refractivity contribution in [1.29, 1.82) is 0 Å². The number of benzene rings is 7. The van der Waals surface area contributed by atoms with Crippen molar-refractivity contribution in [2.45, 2.75) is 75.7 Å². The molecule has 9 nitrogen and oxygen atoms in total. The van der Waals surface area contributed by atoms with Gasteiger partial charge in [0.15, 0.2) is 11.5 Å². The first kappa shape index (κ1) is 62.3. The number of methoxy groups -OCH3 is 3. The van der Waals surface area contributed by atoms with E-state index in [1.165, 1.54) is 37.0 Å². The van der Waals surface area contributed by atoms with E-state index < -0.39 is 0 Å². The summed E-state index contributed by atoms with van der Waals surface area (Å²) >= 11 is 0. The van der Waals surface area contributed by atoms with E-state index in [0.29, 0.717) is 28.6 Å². The topological polar surface area (TPSA) is 149 Å². The molecule has 3 radical (unpaired) electrons. The van der Waals surface area contributed by atoms with Gasteiger partial charge in [-0.05, 0) is 125 Å². The SMILES string of the molecule is C.COc1cc(C)cc(OC)c1O.COc1ccc(C)cc1CO.Cc1ccc(CO)cc1.Cc1ccc(O)cc1.Cc1cccc(CO)c1.Cc1cccc(O)c1.Cc1ccccc1F.[B]. The maximum atomic E-state index is 12.3. The van der Waals surface area contributed by atoms with Crippen LogP contribution in [0.4, 0.5) is 4.39 Å². The summed E-state index contributed by atoms with van der Waals surface area (Å²) in [6.45, 7) is 13.9. The van der Waals surface area contributed by atoms with Gasteiger partial charge < -0.3 is 44.8 Å². The zero-order valence-electron chi connectivity index (χ0n) is 39.9. The standard InChI is InChI=1S/C9H12O3.C9H12O2.2C8H10O.C7H7F.2C7H8O.CH4.B/c1-6-4-7(11-2)9(10)8(5-6)12-3;1-7-3-4-9(11-2)8(5-7)6-10;1-7-2-4-8(6-9)5-3-7;1-7-3-2-4-8(5-7)6-9;1-6-4-2-3-5-7(6)8;1-6-2-4-7(8)5-3-6;1-6-3-2-4-7(8)5-6;;/h4-5,10H,1-3H3;3-5,10H,6H2,1-2H3;2*2-5,9H,6H2,1H3;2-5H,1H3;2*2-5,8H,1H3;1H4;. The lowest BCUT2D eigenvalue weighted by Crippen LogP contribution is -1.91. The Bertz CT molecular complexity index is 2290. The van der Waals surface area contributed by atoms with Gasteiger partial charge in [0.25, 0.3) is 0 Å². The average Bonchev–Trinajstić information content (AvgIpc) is 3.30. The van der Waals surface area contributed by atoms with E-state index in [-0.39, 0.29) is 47.2 Å². The summed E-state index contributed by atoms with van der Waals surface area (Å²) in [6, 6.07) is 45.8. The highest BCUT2D eigenvalue weighted by molar-refractivity contribution is 5.75. The van der Waals surface area contributed by atoms with Gasteiger partial charge in [0.2, 0.25) is 5.75 Å². The molecular formula is C56H71BFO9. The molecule has 0 amide bonds. The Kier molecular flexibility index (Phi) is 33.0. The molecule has 7 rings (SSSR count). The van der Waals surface area contributed by atoms with Crippen molar-refractivity contribution in [3.8, 4) is 34.5 Å². The Morgan fingerprint density at radius 3 is 1.24 bits per heavy atom. The lowest BCUT2D eigenvalue weighted by Gasteiger charge is -2.08. The van der Waals surface area contributed by atoms with Crippen molar-refractivity contribution < 1.29 is 49.2 Å². The number of hydrogen-bond donors (Lipinski definition) is 6. The van der Waals surface area contributed by atoms with Gasteiger partial charge in [0.05, 0.1) is 41.2 Å². The third-order valence-corrected chi connectivity index (χ3v) is 8.91. The largest absolute Gasteiger partial charge is 0.508 e. The summed E-state index contributed by atoms with van der Waals surface area (Å²) in [7, 11) is 4.62. The molecule has 0 fully saturated rings. The molecule has 0 saturated carbocycles. The number of aryl methyl sites for hydroxylation is 7. The van der Waals surface area contributed by atoms with Crippen molar-refractivity contribution in [2.75, 3.05) is 21.3 Å². The summed E-state index contributed by atoms with van der Waals surface area (Å²) in [4.78, 5) is 0. The molecule has 0 aromatic heterocycles. The molecule has 0 bridgehead atoms. The Morgan fingerprint density at radius 1 is 0.403 bits per heavy atom. The molecule has 0 atom stereocenters. The molecule has 11 heteroatoms. The van der Waals surface area contributed by atoms with Crippen LogP contribution < -0.4 is 14.2 Å². The molecule has 0 aliphatic heterocycles. The first-order chi connectivity index (χ1) is 31.0. The number of rotatable bonds is 6. The second-order valence-electron chi connectivity index (χ2n) is 14.7. The fourth-order valence-corrected chi connectivity index (χ4v) is 5.28. The fraction of sp³-hybridized carbons (Fsp3) is 0.250. The lowest BCUT2D eigenvalue weighted by atomic mass is 10.1. The van der Waals surface area contributed by atoms with Crippen molar-refractivity contribution in [1.82, 2.24) is 0 Å². The maximum absolute atomic E-state index is 12.3. The van der Waals surface area contributed by atoms with E-state index in [1.54, 1.807) is 62.6 Å². The zero-order chi connectivity index (χ0) is 48.7. The number of ether oxygens (including phenoxy) is 3. The quantitative estimate of drug-likeness (QED) is 0.0897. The van der Waals surface area contributed by atoms with Crippen LogP contribution in [0.1, 0.15) is 63.1 Å². The number of phenols is 3. The molecule has 0 aliphatic rings. The Labute approximate surface area is 401 Å². The Hall–Kier alpha value is -6.79. The average molecular weight is 918 g/mol. The van der Waals surface area contributed by atoms with E-state index in [2.05, 4.69) is 0 Å². The minimum absolute atomic E-state index is 0. The van der Waals surface area contributed by atoms with Gasteiger partial charge >= 0.3 is 0 Å². The smallest absolute Gasteiger partial charge is 0.200 e. The van der Waals surface area contributed by atoms with Crippen molar-refractivity contribution in [3.63, 3.8) is 0 Å². The molecule has 0 heterocycles. The molecule has 67 heavy (non-hydrogen) atoms. The van der Waals surface area contributed by atoms with Gasteiger partial charge in [-0.1, -0.05) is 133 Å². The highest BCUT2D eigenvalue weighted by Gasteiger charge is 2.08. The molecule has 6 N–H and O–H groups in total. The molecule has 0 spiro atoms. The van der Waals surface area contributed by atoms with Gasteiger partial charge in [-0.15, -0.1) is 0 Å². The molecule has 7 aromatic rings. The Balaban J connectivity index is 0. The van der Waals surface area contributed by atoms with Crippen LogP contribution in [-0.4, -0.2) is 60.4 Å². The normalized spacial score (nSPS) is 9.16. The van der Waals surface area contributed by atoms with E-state index in [4.69, 9.17) is 39.7 Å². The first-order valence-electron chi connectivity index (χ1n) is 20.7. The first-order valence-corrected chi connectivity index (χ1v) is 20.7. The lowest BCUT2D eigenvalue weighted by molar-refractivity contribution is 0.273. The number of aromatic hydroxyl groups is 3. The molecule has 0 saturated heterocycles. The highest BCUT2D eigenvalue weighted by Crippen LogP contribution is 2.36. The number of halogens is 1. The van der Waals surface area contributed by atoms with Crippen LogP contribution in [-0.2, 0) is 19.8 Å². The van der Waals surface area contributed by atoms with E-state index in [0.717, 1.165) is 39.1 Å². The van der Waals surface area contributed by atoms with Gasteiger partial charge in [-0.25, -0.2) is 4.39 Å². The monoisotopic (exact) mass is 918 g/mol. The van der Waals surface area contributed by atoms with Gasteiger partial charge in [-0.3, -0.25) is 0 Å². The summed E-state index contributed by atoms with van der Waals surface area (Å²) in [5.74, 6) is 2.20. The third kappa shape index (κ3) is 26.7. The van der Waals surface area contributed by atoms with Crippen LogP contribution in [0.3, 0.4) is 0 Å². The second-order valence-corrected chi connectivity index (χ2v) is 14.7. The highest BCUT2D eigenvalue weighted by atomic mass is 19.1. The number of aliphatic hydroxyl groups is 3. The summed E-state index contributed by atoms with van der Waals surface area (Å²) in [6.07, 6.45) is 0. The van der Waals surface area contributed by atoms with Crippen molar-refractivity contribution >= 4 is 8.41 Å². The molecular weight excluding hydrogens is 846 g/mol. The van der Waals surface area contributed by atoms with E-state index in [9.17, 15) is 9.50 Å². The van der Waals surface area contributed by atoms with Crippen LogP contribution in [0.2, 0.25) is 0 Å². The second kappa shape index (κ2) is 35.5. The minimum Gasteiger partial charge on any atom is -0.508 e. The predicted molar refractivity (Wildman–Crippen MR) is 273 cm³/mol. The van der Waals surface area contributed by atoms with Crippen LogP contribution in [0, 0.1) is 54.3 Å². The summed E-state index contributed by atoms with van der Waals surface area (Å²) < 4.78 is 27.2. The van der Waals surface area contributed by atoms with Gasteiger partial charge in [0, 0.05) is 14.0 Å². The van der Waals surface area contributed by atoms with E-state index >= 15 is 0 Å². The molecule has 359 valence electrons. The van der Waals surface area contributed by atoms with Crippen LogP contribution in [0.25, 0.3) is 0 Å². The molecule has 0 aliphatic carbocycles. The summed E-state index contributed by atoms with van der Waals surface area (Å²) in [5, 5.41) is 53.2. The van der Waals surface area contributed by atoms with Crippen LogP contribution in [0.15, 0.2) is 152 Å². The number of phenolic OH excluding ortho intramolecular Hbond substituents is 3. The maximum Gasteiger partial charge on any atom is 0.200 e. The fourth-order valence-electron chi connectivity index (χ4n) is 5.28. The van der Waals surface area contributed by atoms with E-state index in [1.807, 2.05) is 139 Å². The summed E-state index contributed by atoms with van der Waals surface area (Å²) in [5.41, 5.74) is 10.3. The van der Waals surface area contributed by atoms with Crippen LogP contribution in [0.5, 0.6) is 34.5 Å². The molecule has 0 unspecified atom stereocenters. The Morgan fingerprint density at radius 2 is 0.866 bits per heavy atom. The molecule has 7 aromatic carbocycles. The number of aliphatic hydroxyl groups excluding tert-OH is 3. The predicted octanol–water partition coefficient (Wildman–Crippen LogP) is 12.0. The number of hydrogen-bond acceptors (Lipinski definition) is 9. The van der Waals surface area contributed by atoms with Crippen molar-refractivity contribution in [2.24, 2.45) is 0 Å². The van der Waals surface area contributed by atoms with Crippen LogP contribution >= 0.6 is 0 Å². The van der Waals surface area contributed by atoms with Gasteiger partial charge in [-0.2, -0.15) is 0 Å². The minimum atomic E-state index is -0.132. The van der Waals surface area contributed by atoms with Gasteiger partial charge in [0.1, 0.15) is 23.1 Å². The third-order valence-electron chi connectivity index (χ3n) is 8.91. The zero-order valence-corrected chi connectivity index (χ0v) is 39.9. The van der Waals surface area contributed by atoms with Crippen molar-refractivity contribution in [3.05, 3.63) is 213 Å².